The number of aromatic nitrogens is 2. The summed E-state index contributed by atoms with van der Waals surface area (Å²) in [5.41, 5.74) is 4.31. The minimum Gasteiger partial charge on any atom is -0.302 e. The zero-order valence-corrected chi connectivity index (χ0v) is 9.30. The molecule has 1 aliphatic carbocycles. The van der Waals surface area contributed by atoms with Crippen molar-refractivity contribution in [3.8, 4) is 0 Å². The van der Waals surface area contributed by atoms with Gasteiger partial charge in [-0.3, -0.25) is 9.63 Å². The van der Waals surface area contributed by atoms with Gasteiger partial charge in [-0.1, -0.05) is 6.07 Å². The fraction of sp³-hybridized carbons (Fsp3) is 0.333. The third-order valence-electron chi connectivity index (χ3n) is 2.85. The highest BCUT2D eigenvalue weighted by Crippen LogP contribution is 2.28. The van der Waals surface area contributed by atoms with Crippen LogP contribution in [0.5, 0.6) is 0 Å². The van der Waals surface area contributed by atoms with Crippen LogP contribution in [-0.4, -0.2) is 15.3 Å². The van der Waals surface area contributed by atoms with Gasteiger partial charge < -0.3 is 4.40 Å². The van der Waals surface area contributed by atoms with Crippen LogP contribution in [0.15, 0.2) is 30.6 Å². The number of pyridine rings is 1. The van der Waals surface area contributed by atoms with Crippen molar-refractivity contribution in [2.45, 2.75) is 19.4 Å². The van der Waals surface area contributed by atoms with Crippen LogP contribution in [0.4, 0.5) is 0 Å². The summed E-state index contributed by atoms with van der Waals surface area (Å²) in [5, 5.41) is 0. The van der Waals surface area contributed by atoms with Crippen molar-refractivity contribution < 1.29 is 9.63 Å². The number of carbonyl (C=O) groups is 1. The SMILES string of the molecule is O=C(NOCc1cccc2nccn12)C1CC1. The Morgan fingerprint density at radius 1 is 1.53 bits per heavy atom. The summed E-state index contributed by atoms with van der Waals surface area (Å²) >= 11 is 0. The summed E-state index contributed by atoms with van der Waals surface area (Å²) in [6.07, 6.45) is 5.57. The maximum absolute atomic E-state index is 11.4. The van der Waals surface area contributed by atoms with Crippen LogP contribution in [0.3, 0.4) is 0 Å². The first-order valence-electron chi connectivity index (χ1n) is 5.67. The minimum atomic E-state index is -0.0113. The molecule has 0 unspecified atom stereocenters. The van der Waals surface area contributed by atoms with Gasteiger partial charge in [0.2, 0.25) is 5.91 Å². The number of hydroxylamine groups is 1. The molecule has 0 radical (unpaired) electrons. The lowest BCUT2D eigenvalue weighted by atomic mass is 10.3. The molecule has 5 heteroatoms. The normalized spacial score (nSPS) is 15.1. The number of rotatable bonds is 4. The average Bonchev–Trinajstić information content (AvgIpc) is 3.07. The molecule has 0 atom stereocenters. The first-order valence-corrected chi connectivity index (χ1v) is 5.67. The van der Waals surface area contributed by atoms with Gasteiger partial charge in [0.1, 0.15) is 12.3 Å². The van der Waals surface area contributed by atoms with Gasteiger partial charge in [0.25, 0.3) is 0 Å². The molecule has 0 bridgehead atoms. The summed E-state index contributed by atoms with van der Waals surface area (Å²) in [6.45, 7) is 0.339. The van der Waals surface area contributed by atoms with E-state index in [4.69, 9.17) is 4.84 Å². The molecule has 0 spiro atoms. The quantitative estimate of drug-likeness (QED) is 0.807. The molecule has 0 saturated heterocycles. The van der Waals surface area contributed by atoms with Gasteiger partial charge in [0, 0.05) is 18.3 Å². The second-order valence-corrected chi connectivity index (χ2v) is 4.20. The first-order chi connectivity index (χ1) is 8.34. The predicted octanol–water partition coefficient (Wildman–Crippen LogP) is 1.29. The minimum absolute atomic E-state index is 0.0113. The molecular weight excluding hydrogens is 218 g/mol. The molecule has 1 N–H and O–H groups in total. The van der Waals surface area contributed by atoms with E-state index in [1.807, 2.05) is 28.8 Å². The monoisotopic (exact) mass is 231 g/mol. The van der Waals surface area contributed by atoms with E-state index in [1.54, 1.807) is 6.20 Å². The molecule has 0 aliphatic heterocycles. The van der Waals surface area contributed by atoms with Gasteiger partial charge in [-0.05, 0) is 25.0 Å². The van der Waals surface area contributed by atoms with Gasteiger partial charge >= 0.3 is 0 Å². The molecule has 2 aromatic rings. The maximum atomic E-state index is 11.4. The molecule has 88 valence electrons. The Morgan fingerprint density at radius 2 is 2.41 bits per heavy atom. The fourth-order valence-corrected chi connectivity index (χ4v) is 1.73. The Kier molecular flexibility index (Phi) is 2.53. The highest BCUT2D eigenvalue weighted by Gasteiger charge is 2.29. The molecule has 1 aliphatic rings. The van der Waals surface area contributed by atoms with Crippen LogP contribution in [0.2, 0.25) is 0 Å². The summed E-state index contributed by atoms with van der Waals surface area (Å²) < 4.78 is 1.93. The van der Waals surface area contributed by atoms with Crippen molar-refractivity contribution >= 4 is 11.6 Å². The van der Waals surface area contributed by atoms with E-state index in [9.17, 15) is 4.79 Å². The lowest BCUT2D eigenvalue weighted by Crippen LogP contribution is -2.25. The van der Waals surface area contributed by atoms with Crippen molar-refractivity contribution in [1.29, 1.82) is 0 Å². The van der Waals surface area contributed by atoms with E-state index in [-0.39, 0.29) is 11.8 Å². The predicted molar refractivity (Wildman–Crippen MR) is 60.8 cm³/mol. The van der Waals surface area contributed by atoms with E-state index in [1.165, 1.54) is 0 Å². The highest BCUT2D eigenvalue weighted by atomic mass is 16.7. The third-order valence-corrected chi connectivity index (χ3v) is 2.85. The van der Waals surface area contributed by atoms with Crippen LogP contribution in [0, 0.1) is 5.92 Å². The molecule has 5 nitrogen and oxygen atoms in total. The Balaban J connectivity index is 1.64. The number of nitrogens with zero attached hydrogens (tertiary/aromatic N) is 2. The standard InChI is InChI=1S/C12H13N3O2/c16-12(9-4-5-9)14-17-8-10-2-1-3-11-13-6-7-15(10)11/h1-3,6-7,9H,4-5,8H2,(H,14,16). The summed E-state index contributed by atoms with van der Waals surface area (Å²) in [5.74, 6) is 0.154. The van der Waals surface area contributed by atoms with Crippen molar-refractivity contribution in [3.63, 3.8) is 0 Å². The van der Waals surface area contributed by atoms with Gasteiger partial charge in [0.15, 0.2) is 0 Å². The molecule has 17 heavy (non-hydrogen) atoms. The number of imidazole rings is 1. The Hall–Kier alpha value is -1.88. The average molecular weight is 231 g/mol. The van der Waals surface area contributed by atoms with Crippen LogP contribution in [0.1, 0.15) is 18.5 Å². The van der Waals surface area contributed by atoms with Crippen LogP contribution in [0.25, 0.3) is 5.65 Å². The molecule has 3 rings (SSSR count). The lowest BCUT2D eigenvalue weighted by molar-refractivity contribution is -0.136. The van der Waals surface area contributed by atoms with E-state index in [2.05, 4.69) is 10.5 Å². The largest absolute Gasteiger partial charge is 0.302 e. The highest BCUT2D eigenvalue weighted by molar-refractivity contribution is 5.79. The fourth-order valence-electron chi connectivity index (χ4n) is 1.73. The summed E-state index contributed by atoms with van der Waals surface area (Å²) in [7, 11) is 0. The van der Waals surface area contributed by atoms with Crippen LogP contribution < -0.4 is 5.48 Å². The Bertz CT molecular complexity index is 545. The Morgan fingerprint density at radius 3 is 3.24 bits per heavy atom. The smallest absolute Gasteiger partial charge is 0.246 e. The molecular formula is C12H13N3O2. The molecule has 2 heterocycles. The molecule has 1 amide bonds. The van der Waals surface area contributed by atoms with Gasteiger partial charge in [-0.25, -0.2) is 10.5 Å². The third kappa shape index (κ3) is 2.14. The second kappa shape index (κ2) is 4.18. The second-order valence-electron chi connectivity index (χ2n) is 4.20. The number of carbonyl (C=O) groups excluding carboxylic acids is 1. The van der Waals surface area contributed by atoms with Gasteiger partial charge in [0.05, 0.1) is 5.69 Å². The molecule has 0 aromatic carbocycles. The van der Waals surface area contributed by atoms with Crippen molar-refractivity contribution in [2.24, 2.45) is 5.92 Å². The van der Waals surface area contributed by atoms with Gasteiger partial charge in [-0.15, -0.1) is 0 Å². The van der Waals surface area contributed by atoms with Crippen LogP contribution in [-0.2, 0) is 16.2 Å². The van der Waals surface area contributed by atoms with E-state index in [0.717, 1.165) is 24.2 Å². The molecule has 1 fully saturated rings. The first kappa shape index (κ1) is 10.3. The number of fused-ring (bicyclic) bond motifs is 1. The van der Waals surface area contributed by atoms with E-state index >= 15 is 0 Å². The van der Waals surface area contributed by atoms with Crippen molar-refractivity contribution in [1.82, 2.24) is 14.9 Å². The number of hydrogen-bond acceptors (Lipinski definition) is 3. The summed E-state index contributed by atoms with van der Waals surface area (Å²) in [4.78, 5) is 20.7. The van der Waals surface area contributed by atoms with Crippen molar-refractivity contribution in [3.05, 3.63) is 36.3 Å². The van der Waals surface area contributed by atoms with Crippen LogP contribution >= 0.6 is 0 Å². The number of amides is 1. The van der Waals surface area contributed by atoms with Crippen molar-refractivity contribution in [2.75, 3.05) is 0 Å². The summed E-state index contributed by atoms with van der Waals surface area (Å²) in [6, 6.07) is 5.79. The van der Waals surface area contributed by atoms with E-state index < -0.39 is 0 Å². The van der Waals surface area contributed by atoms with Gasteiger partial charge in [-0.2, -0.15) is 0 Å². The lowest BCUT2D eigenvalue weighted by Gasteiger charge is -2.07. The Labute approximate surface area is 98.4 Å². The number of nitrogens with one attached hydrogen (secondary N) is 1. The zero-order chi connectivity index (χ0) is 11.7. The van der Waals surface area contributed by atoms with E-state index in [0.29, 0.717) is 6.61 Å². The topological polar surface area (TPSA) is 55.6 Å². The molecule has 1 saturated carbocycles. The maximum Gasteiger partial charge on any atom is 0.246 e. The molecule has 2 aromatic heterocycles. The zero-order valence-electron chi connectivity index (χ0n) is 9.30. The number of hydrogen-bond donors (Lipinski definition) is 1.